The van der Waals surface area contributed by atoms with Crippen molar-refractivity contribution in [2.75, 3.05) is 0 Å². The number of hydrogen-bond acceptors (Lipinski definition) is 5. The van der Waals surface area contributed by atoms with E-state index in [9.17, 15) is 18.8 Å². The highest BCUT2D eigenvalue weighted by molar-refractivity contribution is 5.91. The maximum Gasteiger partial charge on any atom is 0.352 e. The number of nitrogens with zero attached hydrogens (tertiary/aromatic N) is 4. The van der Waals surface area contributed by atoms with Crippen LogP contribution in [0.15, 0.2) is 82.6 Å². The molecule has 1 N–H and O–H groups in total. The average Bonchev–Trinajstić information content (AvgIpc) is 2.83. The van der Waals surface area contributed by atoms with Crippen LogP contribution in [0.4, 0.5) is 4.39 Å². The van der Waals surface area contributed by atoms with E-state index in [4.69, 9.17) is 0 Å². The number of amides is 1. The predicted molar refractivity (Wildman–Crippen MR) is 120 cm³/mol. The van der Waals surface area contributed by atoms with E-state index >= 15 is 0 Å². The van der Waals surface area contributed by atoms with Crippen molar-refractivity contribution in [3.8, 4) is 5.69 Å². The molecule has 33 heavy (non-hydrogen) atoms. The first kappa shape index (κ1) is 21.8. The number of hydrogen-bond donors (Lipinski definition) is 1. The Morgan fingerprint density at radius 2 is 1.79 bits per heavy atom. The fourth-order valence-corrected chi connectivity index (χ4v) is 3.22. The number of rotatable bonds is 6. The van der Waals surface area contributed by atoms with Gasteiger partial charge in [0.15, 0.2) is 0 Å². The monoisotopic (exact) mass is 445 g/mol. The van der Waals surface area contributed by atoms with Gasteiger partial charge < -0.3 is 5.32 Å². The number of carbonyl (C=O) groups excluding carboxylic acids is 1. The smallest absolute Gasteiger partial charge is 0.346 e. The second kappa shape index (κ2) is 9.39. The Morgan fingerprint density at radius 1 is 1.03 bits per heavy atom. The van der Waals surface area contributed by atoms with E-state index in [1.54, 1.807) is 54.9 Å². The van der Waals surface area contributed by atoms with Gasteiger partial charge >= 0.3 is 5.69 Å². The van der Waals surface area contributed by atoms with Gasteiger partial charge in [0.1, 0.15) is 5.82 Å². The van der Waals surface area contributed by atoms with E-state index in [2.05, 4.69) is 15.4 Å². The number of nitrogens with one attached hydrogen (secondary N) is 1. The summed E-state index contributed by atoms with van der Waals surface area (Å²) in [6.45, 7) is 1.66. The highest BCUT2D eigenvalue weighted by Gasteiger charge is 2.21. The van der Waals surface area contributed by atoms with Gasteiger partial charge in [0.2, 0.25) is 5.69 Å². The predicted octanol–water partition coefficient (Wildman–Crippen LogP) is 2.22. The molecule has 166 valence electrons. The molecule has 9 heteroatoms. The molecule has 4 rings (SSSR count). The molecule has 0 saturated heterocycles. The number of carbonyl (C=O) groups is 1. The van der Waals surface area contributed by atoms with Crippen molar-refractivity contribution in [3.63, 3.8) is 0 Å². The molecule has 8 nitrogen and oxygen atoms in total. The third kappa shape index (κ3) is 4.77. The largest absolute Gasteiger partial charge is 0.352 e. The SMILES string of the molecule is Cc1ccc(-n2nc(C(=O)NCc3cccnc3)c(=O)n(Cc3ccccc3F)c2=O)cc1. The molecule has 0 saturated carbocycles. The maximum absolute atomic E-state index is 14.2. The minimum atomic E-state index is -0.907. The van der Waals surface area contributed by atoms with Gasteiger partial charge in [-0.25, -0.2) is 9.18 Å². The molecule has 4 aromatic rings. The lowest BCUT2D eigenvalue weighted by Gasteiger charge is -2.13. The molecular weight excluding hydrogens is 425 g/mol. The van der Waals surface area contributed by atoms with E-state index in [0.29, 0.717) is 5.69 Å². The standard InChI is InChI=1S/C24H20FN5O3/c1-16-8-10-19(11-9-16)30-24(33)29(15-18-6-2-3-7-20(18)25)23(32)21(28-30)22(31)27-14-17-5-4-12-26-13-17/h2-13H,14-15H2,1H3,(H,27,31). The summed E-state index contributed by atoms with van der Waals surface area (Å²) in [5.74, 6) is -1.32. The van der Waals surface area contributed by atoms with Gasteiger partial charge in [-0.05, 0) is 36.8 Å². The molecule has 0 bridgehead atoms. The molecule has 0 unspecified atom stereocenters. The van der Waals surface area contributed by atoms with E-state index < -0.39 is 28.7 Å². The zero-order valence-corrected chi connectivity index (χ0v) is 17.7. The normalized spacial score (nSPS) is 10.7. The number of aryl methyl sites for hydroxylation is 1. The topological polar surface area (TPSA) is 98.9 Å². The van der Waals surface area contributed by atoms with Gasteiger partial charge in [0.25, 0.3) is 11.5 Å². The van der Waals surface area contributed by atoms with Crippen LogP contribution in [0.2, 0.25) is 0 Å². The lowest BCUT2D eigenvalue weighted by Crippen LogP contribution is -2.46. The molecule has 1 amide bonds. The number of pyridine rings is 1. The van der Waals surface area contributed by atoms with Crippen molar-refractivity contribution in [1.29, 1.82) is 0 Å². The van der Waals surface area contributed by atoms with Crippen LogP contribution in [0.1, 0.15) is 27.2 Å². The average molecular weight is 445 g/mol. The summed E-state index contributed by atoms with van der Waals surface area (Å²) in [6.07, 6.45) is 3.18. The van der Waals surface area contributed by atoms with Crippen molar-refractivity contribution < 1.29 is 9.18 Å². The zero-order valence-electron chi connectivity index (χ0n) is 17.7. The Bertz CT molecular complexity index is 1410. The Hall–Kier alpha value is -4.40. The van der Waals surface area contributed by atoms with Gasteiger partial charge in [-0.2, -0.15) is 9.78 Å². The highest BCUT2D eigenvalue weighted by Crippen LogP contribution is 2.09. The summed E-state index contributed by atoms with van der Waals surface area (Å²) in [5.41, 5.74) is 0.0289. The van der Waals surface area contributed by atoms with E-state index in [1.807, 2.05) is 6.92 Å². The van der Waals surface area contributed by atoms with Crippen LogP contribution in [0.5, 0.6) is 0 Å². The molecule has 0 aliphatic carbocycles. The summed E-state index contributed by atoms with van der Waals surface area (Å²) in [7, 11) is 0. The first-order valence-corrected chi connectivity index (χ1v) is 10.2. The van der Waals surface area contributed by atoms with Crippen LogP contribution in [0, 0.1) is 12.7 Å². The Balaban J connectivity index is 1.79. The second-order valence-corrected chi connectivity index (χ2v) is 7.41. The second-order valence-electron chi connectivity index (χ2n) is 7.41. The van der Waals surface area contributed by atoms with Crippen molar-refractivity contribution in [2.45, 2.75) is 20.0 Å². The van der Waals surface area contributed by atoms with Crippen molar-refractivity contribution in [2.24, 2.45) is 0 Å². The minimum Gasteiger partial charge on any atom is -0.346 e. The Kier molecular flexibility index (Phi) is 6.21. The molecule has 0 aliphatic heterocycles. The highest BCUT2D eigenvalue weighted by atomic mass is 19.1. The summed E-state index contributed by atoms with van der Waals surface area (Å²) in [4.78, 5) is 43.1. The Labute approximate surface area is 188 Å². The van der Waals surface area contributed by atoms with Crippen molar-refractivity contribution >= 4 is 5.91 Å². The van der Waals surface area contributed by atoms with Gasteiger partial charge in [-0.3, -0.25) is 19.1 Å². The third-order valence-electron chi connectivity index (χ3n) is 5.02. The van der Waals surface area contributed by atoms with Crippen molar-refractivity contribution in [1.82, 2.24) is 24.6 Å². The van der Waals surface area contributed by atoms with E-state index in [0.717, 1.165) is 20.4 Å². The first-order valence-electron chi connectivity index (χ1n) is 10.2. The van der Waals surface area contributed by atoms with E-state index in [1.165, 1.54) is 18.2 Å². The molecule has 0 aliphatic rings. The summed E-state index contributed by atoms with van der Waals surface area (Å²) in [6, 6.07) is 16.2. The molecule has 2 aromatic carbocycles. The van der Waals surface area contributed by atoms with Crippen molar-refractivity contribution in [3.05, 3.63) is 122 Å². The first-order chi connectivity index (χ1) is 15.9. The molecule has 0 fully saturated rings. The van der Waals surface area contributed by atoms with E-state index in [-0.39, 0.29) is 18.7 Å². The number of aromatic nitrogens is 4. The van der Waals surface area contributed by atoms with Crippen LogP contribution in [-0.4, -0.2) is 25.2 Å². The summed E-state index contributed by atoms with van der Waals surface area (Å²) >= 11 is 0. The van der Waals surface area contributed by atoms with Crippen LogP contribution in [0.25, 0.3) is 5.69 Å². The fourth-order valence-electron chi connectivity index (χ4n) is 3.22. The molecule has 0 radical (unpaired) electrons. The van der Waals surface area contributed by atoms with Gasteiger partial charge in [0, 0.05) is 24.5 Å². The van der Waals surface area contributed by atoms with Crippen LogP contribution in [0.3, 0.4) is 0 Å². The van der Waals surface area contributed by atoms with Crippen LogP contribution >= 0.6 is 0 Å². The lowest BCUT2D eigenvalue weighted by atomic mass is 10.2. The summed E-state index contributed by atoms with van der Waals surface area (Å²) < 4.78 is 16.0. The van der Waals surface area contributed by atoms with Gasteiger partial charge in [0.05, 0.1) is 12.2 Å². The molecule has 2 aromatic heterocycles. The number of benzene rings is 2. The molecule has 0 spiro atoms. The molecule has 0 atom stereocenters. The fraction of sp³-hybridized carbons (Fsp3) is 0.125. The van der Waals surface area contributed by atoms with Gasteiger partial charge in [-0.15, -0.1) is 0 Å². The molecule has 2 heterocycles. The minimum absolute atomic E-state index is 0.116. The Morgan fingerprint density at radius 3 is 2.48 bits per heavy atom. The zero-order chi connectivity index (χ0) is 23.4. The van der Waals surface area contributed by atoms with Gasteiger partial charge in [-0.1, -0.05) is 42.0 Å². The summed E-state index contributed by atoms with van der Waals surface area (Å²) in [5, 5.41) is 6.68. The maximum atomic E-state index is 14.2. The third-order valence-corrected chi connectivity index (χ3v) is 5.02. The van der Waals surface area contributed by atoms with Crippen LogP contribution < -0.4 is 16.6 Å². The quantitative estimate of drug-likeness (QED) is 0.491. The number of halogens is 1. The molecular formula is C24H20FN5O3. The lowest BCUT2D eigenvalue weighted by molar-refractivity contribution is 0.0941. The van der Waals surface area contributed by atoms with Crippen LogP contribution in [-0.2, 0) is 13.1 Å².